The van der Waals surface area contributed by atoms with E-state index in [2.05, 4.69) is 16.0 Å². The van der Waals surface area contributed by atoms with Crippen molar-refractivity contribution in [3.05, 3.63) is 24.5 Å². The lowest BCUT2D eigenvalue weighted by atomic mass is 9.81. The third-order valence-corrected chi connectivity index (χ3v) is 7.97. The fraction of sp³-hybridized carbons (Fsp3) is 0.684. The first-order valence-corrected chi connectivity index (χ1v) is 11.6. The van der Waals surface area contributed by atoms with Crippen LogP contribution in [-0.4, -0.2) is 79.6 Å². The highest BCUT2D eigenvalue weighted by molar-refractivity contribution is 7.90. The monoisotopic (exact) mass is 465 g/mol. The zero-order chi connectivity index (χ0) is 22.7. The lowest BCUT2D eigenvalue weighted by Gasteiger charge is -2.43. The van der Waals surface area contributed by atoms with Crippen LogP contribution in [0.5, 0.6) is 0 Å². The summed E-state index contributed by atoms with van der Waals surface area (Å²) in [6, 6.07) is 4.01. The van der Waals surface area contributed by atoms with E-state index in [0.717, 1.165) is 44.5 Å². The molecule has 2 saturated heterocycles. The molecule has 1 N–H and O–H groups in total. The molecule has 174 valence electrons. The number of aliphatic carboxylic acids is 1. The minimum Gasteiger partial charge on any atom is -0.475 e. The van der Waals surface area contributed by atoms with Gasteiger partial charge in [-0.05, 0) is 37.8 Å². The number of hydrogen-bond acceptors (Lipinski definition) is 6. The van der Waals surface area contributed by atoms with Crippen molar-refractivity contribution < 1.29 is 36.2 Å². The fourth-order valence-electron chi connectivity index (χ4n) is 3.96. The molecule has 8 nitrogen and oxygen atoms in total. The van der Waals surface area contributed by atoms with E-state index < -0.39 is 22.2 Å². The number of rotatable bonds is 3. The molecular weight excluding hydrogens is 439 g/mol. The van der Waals surface area contributed by atoms with Crippen molar-refractivity contribution in [1.29, 1.82) is 0 Å². The van der Waals surface area contributed by atoms with Crippen LogP contribution >= 0.6 is 0 Å². The van der Waals surface area contributed by atoms with Gasteiger partial charge in [0.2, 0.25) is 10.0 Å². The van der Waals surface area contributed by atoms with Crippen LogP contribution in [0.25, 0.3) is 0 Å². The van der Waals surface area contributed by atoms with Gasteiger partial charge in [-0.2, -0.15) is 13.2 Å². The minimum absolute atomic E-state index is 0.119. The minimum atomic E-state index is -5.08. The highest BCUT2D eigenvalue weighted by atomic mass is 32.2. The molecule has 1 aliphatic carbocycles. The maximum absolute atomic E-state index is 12.7. The number of aromatic nitrogens is 1. The second-order valence-electron chi connectivity index (χ2n) is 8.17. The van der Waals surface area contributed by atoms with Gasteiger partial charge in [0.1, 0.15) is 0 Å². The Morgan fingerprint density at radius 2 is 1.97 bits per heavy atom. The molecule has 0 radical (unpaired) electrons. The summed E-state index contributed by atoms with van der Waals surface area (Å²) in [5, 5.41) is 6.99. The summed E-state index contributed by atoms with van der Waals surface area (Å²) in [5.74, 6) is -2.76. The molecule has 1 atom stereocenters. The Morgan fingerprint density at radius 3 is 2.55 bits per heavy atom. The van der Waals surface area contributed by atoms with Gasteiger partial charge in [-0.15, -0.1) is 0 Å². The number of anilines is 1. The molecule has 0 aromatic carbocycles. The summed E-state index contributed by atoms with van der Waals surface area (Å²) in [6.45, 7) is 4.21. The van der Waals surface area contributed by atoms with Crippen molar-refractivity contribution >= 4 is 21.7 Å². The molecule has 0 amide bonds. The summed E-state index contributed by atoms with van der Waals surface area (Å²) in [5.41, 5.74) is 0.969. The van der Waals surface area contributed by atoms with Crippen LogP contribution < -0.4 is 4.90 Å². The number of carbonyl (C=O) groups is 1. The SMILES string of the molecule is O=C(O)C(F)(F)F.O=S(=O)(C1CC1)N1CCCC2(COCCN(c3cccnc3)C2)C1. The fourth-order valence-corrected chi connectivity index (χ4v) is 5.95. The van der Waals surface area contributed by atoms with Crippen LogP contribution in [-0.2, 0) is 19.6 Å². The van der Waals surface area contributed by atoms with Gasteiger partial charge in [-0.1, -0.05) is 0 Å². The molecule has 3 fully saturated rings. The number of carboxylic acid groups (broad SMARTS) is 1. The Kier molecular flexibility index (Phi) is 7.11. The van der Waals surface area contributed by atoms with E-state index in [1.165, 1.54) is 0 Å². The Morgan fingerprint density at radius 1 is 1.26 bits per heavy atom. The van der Waals surface area contributed by atoms with E-state index in [-0.39, 0.29) is 10.7 Å². The number of piperidine rings is 1. The molecule has 1 spiro atoms. The molecule has 2 aliphatic heterocycles. The van der Waals surface area contributed by atoms with Crippen molar-refractivity contribution in [3.63, 3.8) is 0 Å². The first-order chi connectivity index (χ1) is 14.5. The molecule has 1 aromatic heterocycles. The molecule has 31 heavy (non-hydrogen) atoms. The Hall–Kier alpha value is -1.92. The van der Waals surface area contributed by atoms with Crippen LogP contribution in [0.15, 0.2) is 24.5 Å². The zero-order valence-corrected chi connectivity index (χ0v) is 17.7. The molecule has 1 unspecified atom stereocenters. The van der Waals surface area contributed by atoms with Crippen molar-refractivity contribution in [2.75, 3.05) is 44.3 Å². The zero-order valence-electron chi connectivity index (χ0n) is 16.9. The molecule has 1 saturated carbocycles. The van der Waals surface area contributed by atoms with E-state index in [1.54, 1.807) is 10.5 Å². The van der Waals surface area contributed by atoms with Crippen molar-refractivity contribution in [3.8, 4) is 0 Å². The van der Waals surface area contributed by atoms with Gasteiger partial charge in [0.15, 0.2) is 0 Å². The third kappa shape index (κ3) is 6.07. The summed E-state index contributed by atoms with van der Waals surface area (Å²) < 4.78 is 64.7. The summed E-state index contributed by atoms with van der Waals surface area (Å²) in [7, 11) is -3.11. The predicted octanol–water partition coefficient (Wildman–Crippen LogP) is 2.13. The van der Waals surface area contributed by atoms with Crippen LogP contribution in [0.1, 0.15) is 25.7 Å². The summed E-state index contributed by atoms with van der Waals surface area (Å²) in [4.78, 5) is 15.4. The van der Waals surface area contributed by atoms with E-state index in [0.29, 0.717) is 26.3 Å². The van der Waals surface area contributed by atoms with Gasteiger partial charge in [0, 0.05) is 37.8 Å². The summed E-state index contributed by atoms with van der Waals surface area (Å²) >= 11 is 0. The molecule has 1 aromatic rings. The predicted molar refractivity (Wildman–Crippen MR) is 106 cm³/mol. The van der Waals surface area contributed by atoms with Gasteiger partial charge >= 0.3 is 12.1 Å². The van der Waals surface area contributed by atoms with E-state index >= 15 is 0 Å². The average Bonchev–Trinajstić information content (AvgIpc) is 3.57. The number of nitrogens with zero attached hydrogens (tertiary/aromatic N) is 3. The van der Waals surface area contributed by atoms with Crippen molar-refractivity contribution in [1.82, 2.24) is 9.29 Å². The number of halogens is 3. The van der Waals surface area contributed by atoms with Crippen LogP contribution in [0.4, 0.5) is 18.9 Å². The number of alkyl halides is 3. The maximum atomic E-state index is 12.7. The smallest absolute Gasteiger partial charge is 0.475 e. The van der Waals surface area contributed by atoms with Crippen LogP contribution in [0.2, 0.25) is 0 Å². The highest BCUT2D eigenvalue weighted by Gasteiger charge is 2.46. The van der Waals surface area contributed by atoms with E-state index in [9.17, 15) is 21.6 Å². The standard InChI is InChI=1S/C17H25N3O3S.C2HF3O2/c21-24(22,16-4-5-16)20-8-2-6-17(13-20)12-19(9-10-23-14-17)15-3-1-7-18-11-15;3-2(4,5)1(6)7/h1,3,7,11,16H,2,4-6,8-10,12-14H2;(H,6,7). The molecule has 3 heterocycles. The quantitative estimate of drug-likeness (QED) is 0.730. The van der Waals surface area contributed by atoms with Crippen molar-refractivity contribution in [2.24, 2.45) is 5.41 Å². The topological polar surface area (TPSA) is 100 Å². The first-order valence-electron chi connectivity index (χ1n) is 10.1. The number of hydrogen-bond donors (Lipinski definition) is 1. The van der Waals surface area contributed by atoms with E-state index in [4.69, 9.17) is 14.6 Å². The number of sulfonamides is 1. The van der Waals surface area contributed by atoms with Gasteiger partial charge in [0.25, 0.3) is 0 Å². The third-order valence-electron chi connectivity index (χ3n) is 5.63. The molecule has 0 bridgehead atoms. The average molecular weight is 465 g/mol. The molecular formula is C19H26F3N3O5S. The second kappa shape index (κ2) is 9.29. The number of carboxylic acids is 1. The lowest BCUT2D eigenvalue weighted by Crippen LogP contribution is -2.52. The number of pyridine rings is 1. The number of ether oxygens (including phenoxy) is 1. The molecule has 3 aliphatic rings. The van der Waals surface area contributed by atoms with Crippen LogP contribution in [0.3, 0.4) is 0 Å². The van der Waals surface area contributed by atoms with Gasteiger partial charge in [-0.3, -0.25) is 4.98 Å². The second-order valence-corrected chi connectivity index (χ2v) is 10.4. The molecule has 12 heteroatoms. The van der Waals surface area contributed by atoms with Crippen LogP contribution in [0, 0.1) is 5.41 Å². The van der Waals surface area contributed by atoms with Gasteiger partial charge in [-0.25, -0.2) is 17.5 Å². The lowest BCUT2D eigenvalue weighted by molar-refractivity contribution is -0.192. The Labute approximate surface area is 179 Å². The Bertz CT molecular complexity index is 864. The first kappa shape index (κ1) is 23.7. The van der Waals surface area contributed by atoms with Crippen molar-refractivity contribution in [2.45, 2.75) is 37.1 Å². The van der Waals surface area contributed by atoms with Gasteiger partial charge < -0.3 is 14.7 Å². The molecule has 4 rings (SSSR count). The van der Waals surface area contributed by atoms with Gasteiger partial charge in [0.05, 0.1) is 30.3 Å². The normalized spacial score (nSPS) is 25.5. The highest BCUT2D eigenvalue weighted by Crippen LogP contribution is 2.39. The maximum Gasteiger partial charge on any atom is 0.490 e. The Balaban J connectivity index is 0.000000339. The largest absolute Gasteiger partial charge is 0.490 e. The summed E-state index contributed by atoms with van der Waals surface area (Å²) in [6.07, 6.45) is 2.14. The van der Waals surface area contributed by atoms with E-state index in [1.807, 2.05) is 12.3 Å².